The fourth-order valence-electron chi connectivity index (χ4n) is 1.56. The number of ether oxygens (including phenoxy) is 1. The molecule has 2 N–H and O–H groups in total. The molecule has 7 nitrogen and oxygen atoms in total. The summed E-state index contributed by atoms with van der Waals surface area (Å²) in [5, 5.41) is 11.8. The second-order valence-corrected chi connectivity index (χ2v) is 4.09. The van der Waals surface area contributed by atoms with Gasteiger partial charge in [-0.25, -0.2) is 14.8 Å². The zero-order valence-electron chi connectivity index (χ0n) is 11.1. The Morgan fingerprint density at radius 2 is 2.20 bits per heavy atom. The summed E-state index contributed by atoms with van der Waals surface area (Å²) in [7, 11) is 1.54. The fourth-order valence-corrected chi connectivity index (χ4v) is 1.56. The lowest BCUT2D eigenvalue weighted by atomic mass is 10.2. The molecule has 0 saturated carbocycles. The van der Waals surface area contributed by atoms with E-state index in [-0.39, 0.29) is 5.69 Å². The van der Waals surface area contributed by atoms with E-state index >= 15 is 0 Å². The van der Waals surface area contributed by atoms with Gasteiger partial charge >= 0.3 is 5.97 Å². The maximum absolute atomic E-state index is 10.7. The number of nitrogens with zero attached hydrogens (tertiary/aromatic N) is 3. The van der Waals surface area contributed by atoms with Crippen molar-refractivity contribution in [1.82, 2.24) is 15.0 Å². The number of anilines is 1. The summed E-state index contributed by atoms with van der Waals surface area (Å²) < 4.78 is 5.06. The van der Waals surface area contributed by atoms with E-state index in [0.717, 1.165) is 11.3 Å². The number of hydrogen-bond acceptors (Lipinski definition) is 6. The molecular formula is C13H14N4O3. The third kappa shape index (κ3) is 3.41. The highest BCUT2D eigenvalue weighted by molar-refractivity contribution is 5.85. The topological polar surface area (TPSA) is 97.2 Å². The predicted octanol–water partition coefficient (Wildman–Crippen LogP) is 1.50. The lowest BCUT2D eigenvalue weighted by Crippen LogP contribution is -2.06. The summed E-state index contributed by atoms with van der Waals surface area (Å²) >= 11 is 0. The van der Waals surface area contributed by atoms with Crippen molar-refractivity contribution in [3.63, 3.8) is 0 Å². The molecule has 0 aliphatic carbocycles. The van der Waals surface area contributed by atoms with E-state index in [2.05, 4.69) is 20.3 Å². The van der Waals surface area contributed by atoms with Gasteiger partial charge in [-0.2, -0.15) is 4.98 Å². The molecule has 0 fully saturated rings. The number of pyridine rings is 1. The van der Waals surface area contributed by atoms with Crippen LogP contribution in [-0.4, -0.2) is 33.1 Å². The van der Waals surface area contributed by atoms with E-state index in [1.165, 1.54) is 12.3 Å². The lowest BCUT2D eigenvalue weighted by Gasteiger charge is -2.07. The smallest absolute Gasteiger partial charge is 0.354 e. The van der Waals surface area contributed by atoms with Gasteiger partial charge in [0.05, 0.1) is 7.11 Å². The number of aromatic nitrogens is 3. The number of rotatable bonds is 5. The molecule has 0 aliphatic heterocycles. The van der Waals surface area contributed by atoms with Gasteiger partial charge in [-0.15, -0.1) is 0 Å². The average Bonchev–Trinajstić information content (AvgIpc) is 2.45. The summed E-state index contributed by atoms with van der Waals surface area (Å²) in [6.45, 7) is 2.29. The van der Waals surface area contributed by atoms with Crippen LogP contribution in [0.3, 0.4) is 0 Å². The maximum Gasteiger partial charge on any atom is 0.354 e. The quantitative estimate of drug-likeness (QED) is 0.852. The highest BCUT2D eigenvalue weighted by Crippen LogP contribution is 2.12. The van der Waals surface area contributed by atoms with Crippen molar-refractivity contribution in [2.75, 3.05) is 12.4 Å². The van der Waals surface area contributed by atoms with E-state index in [0.29, 0.717) is 18.4 Å². The second kappa shape index (κ2) is 5.96. The first-order valence-corrected chi connectivity index (χ1v) is 5.90. The molecule has 2 aromatic heterocycles. The highest BCUT2D eigenvalue weighted by Gasteiger charge is 2.05. The van der Waals surface area contributed by atoms with Gasteiger partial charge in [0.2, 0.25) is 11.8 Å². The van der Waals surface area contributed by atoms with Crippen molar-refractivity contribution in [2.45, 2.75) is 13.5 Å². The Bertz CT molecular complexity index is 614. The number of aryl methyl sites for hydroxylation is 1. The monoisotopic (exact) mass is 274 g/mol. The van der Waals surface area contributed by atoms with Gasteiger partial charge in [-0.3, -0.25) is 0 Å². The Balaban J connectivity index is 2.04. The molecule has 0 aromatic carbocycles. The summed E-state index contributed by atoms with van der Waals surface area (Å²) in [5.41, 5.74) is 1.64. The minimum Gasteiger partial charge on any atom is -0.481 e. The molecule has 2 heterocycles. The van der Waals surface area contributed by atoms with E-state index < -0.39 is 5.97 Å². The summed E-state index contributed by atoms with van der Waals surface area (Å²) in [6.07, 6.45) is 1.50. The maximum atomic E-state index is 10.7. The Hall–Kier alpha value is -2.70. The van der Waals surface area contributed by atoms with Gasteiger partial charge < -0.3 is 15.2 Å². The van der Waals surface area contributed by atoms with Crippen molar-refractivity contribution in [3.05, 3.63) is 41.3 Å². The van der Waals surface area contributed by atoms with Crippen LogP contribution in [0.25, 0.3) is 0 Å². The van der Waals surface area contributed by atoms with Crippen molar-refractivity contribution < 1.29 is 14.6 Å². The Kier molecular flexibility index (Phi) is 4.09. The summed E-state index contributed by atoms with van der Waals surface area (Å²) in [4.78, 5) is 22.9. The molecule has 0 atom stereocenters. The molecule has 0 bridgehead atoms. The molecule has 7 heteroatoms. The predicted molar refractivity (Wildman–Crippen MR) is 71.8 cm³/mol. The van der Waals surface area contributed by atoms with Gasteiger partial charge in [0, 0.05) is 24.5 Å². The minimum atomic E-state index is -1.05. The van der Waals surface area contributed by atoms with Crippen LogP contribution in [0, 0.1) is 6.92 Å². The Morgan fingerprint density at radius 3 is 2.80 bits per heavy atom. The van der Waals surface area contributed by atoms with E-state index in [1.54, 1.807) is 19.2 Å². The number of aromatic carboxylic acids is 1. The van der Waals surface area contributed by atoms with Gasteiger partial charge in [0.1, 0.15) is 5.69 Å². The first-order chi connectivity index (χ1) is 9.58. The van der Waals surface area contributed by atoms with E-state index in [9.17, 15) is 4.79 Å². The number of carboxylic acids is 1. The van der Waals surface area contributed by atoms with Crippen LogP contribution in [-0.2, 0) is 6.54 Å². The number of methoxy groups -OCH3 is 1. The van der Waals surface area contributed by atoms with Crippen LogP contribution < -0.4 is 10.1 Å². The molecule has 0 unspecified atom stereocenters. The number of hydrogen-bond donors (Lipinski definition) is 2. The molecule has 0 saturated heterocycles. The summed E-state index contributed by atoms with van der Waals surface area (Å²) in [6, 6.07) is 4.88. The standard InChI is InChI=1S/C13H14N4O3/c1-8-5-11(20-2)17-13(16-8)15-7-9-3-4-10(12(18)19)14-6-9/h3-6H,7H2,1-2H3,(H,18,19)(H,15,16,17). The summed E-state index contributed by atoms with van der Waals surface area (Å²) in [5.74, 6) is -0.111. The Morgan fingerprint density at radius 1 is 1.40 bits per heavy atom. The van der Waals surface area contributed by atoms with Gasteiger partial charge in [0.15, 0.2) is 0 Å². The van der Waals surface area contributed by atoms with Crippen molar-refractivity contribution >= 4 is 11.9 Å². The molecular weight excluding hydrogens is 260 g/mol. The molecule has 2 aromatic rings. The molecule has 0 spiro atoms. The number of nitrogens with one attached hydrogen (secondary N) is 1. The zero-order chi connectivity index (χ0) is 14.5. The van der Waals surface area contributed by atoms with Crippen LogP contribution in [0.4, 0.5) is 5.95 Å². The van der Waals surface area contributed by atoms with Gasteiger partial charge in [0.25, 0.3) is 0 Å². The first-order valence-electron chi connectivity index (χ1n) is 5.90. The van der Waals surface area contributed by atoms with E-state index in [4.69, 9.17) is 9.84 Å². The van der Waals surface area contributed by atoms with Crippen molar-refractivity contribution in [1.29, 1.82) is 0 Å². The molecule has 0 radical (unpaired) electrons. The largest absolute Gasteiger partial charge is 0.481 e. The van der Waals surface area contributed by atoms with Crippen molar-refractivity contribution in [3.8, 4) is 5.88 Å². The normalized spacial score (nSPS) is 10.1. The fraction of sp³-hybridized carbons (Fsp3) is 0.231. The second-order valence-electron chi connectivity index (χ2n) is 4.09. The number of carboxylic acid groups (broad SMARTS) is 1. The molecule has 2 rings (SSSR count). The van der Waals surface area contributed by atoms with Crippen LogP contribution in [0.2, 0.25) is 0 Å². The van der Waals surface area contributed by atoms with Crippen LogP contribution in [0.5, 0.6) is 5.88 Å². The lowest BCUT2D eigenvalue weighted by molar-refractivity contribution is 0.0690. The van der Waals surface area contributed by atoms with Gasteiger partial charge in [-0.1, -0.05) is 6.07 Å². The first kappa shape index (κ1) is 13.7. The van der Waals surface area contributed by atoms with Crippen molar-refractivity contribution in [2.24, 2.45) is 0 Å². The average molecular weight is 274 g/mol. The SMILES string of the molecule is COc1cc(C)nc(NCc2ccc(C(=O)O)nc2)n1. The molecule has 20 heavy (non-hydrogen) atoms. The van der Waals surface area contributed by atoms with Crippen LogP contribution >= 0.6 is 0 Å². The molecule has 104 valence electrons. The third-order valence-electron chi connectivity index (χ3n) is 2.53. The highest BCUT2D eigenvalue weighted by atomic mass is 16.5. The minimum absolute atomic E-state index is 0.0159. The zero-order valence-corrected chi connectivity index (χ0v) is 11.1. The number of carbonyl (C=O) groups is 1. The van der Waals surface area contributed by atoms with Crippen LogP contribution in [0.1, 0.15) is 21.7 Å². The third-order valence-corrected chi connectivity index (χ3v) is 2.53. The van der Waals surface area contributed by atoms with E-state index in [1.807, 2.05) is 6.92 Å². The molecule has 0 amide bonds. The Labute approximate surface area is 115 Å². The van der Waals surface area contributed by atoms with Gasteiger partial charge in [-0.05, 0) is 18.6 Å². The van der Waals surface area contributed by atoms with Crippen LogP contribution in [0.15, 0.2) is 24.4 Å². The molecule has 0 aliphatic rings.